The molecule has 3 aromatic carbocycles. The molecule has 3 amide bonds. The zero-order chi connectivity index (χ0) is 20.9. The molecule has 1 heterocycles. The minimum absolute atomic E-state index is 0.127. The highest BCUT2D eigenvalue weighted by atomic mass is 35.5. The first-order valence-electron chi connectivity index (χ1n) is 9.87. The van der Waals surface area contributed by atoms with Gasteiger partial charge in [0.1, 0.15) is 6.04 Å². The fourth-order valence-corrected chi connectivity index (χ4v) is 3.87. The number of hydrogen-bond acceptors (Lipinski definition) is 2. The number of amides is 3. The maximum atomic E-state index is 13.4. The highest BCUT2D eigenvalue weighted by molar-refractivity contribution is 6.33. The second-order valence-electron chi connectivity index (χ2n) is 7.19. The van der Waals surface area contributed by atoms with E-state index in [-0.39, 0.29) is 5.91 Å². The van der Waals surface area contributed by atoms with Crippen LogP contribution in [0.5, 0.6) is 0 Å². The van der Waals surface area contributed by atoms with Gasteiger partial charge in [-0.3, -0.25) is 4.79 Å². The van der Waals surface area contributed by atoms with Gasteiger partial charge in [-0.25, -0.2) is 4.79 Å². The molecule has 3 aromatic rings. The summed E-state index contributed by atoms with van der Waals surface area (Å²) in [5.74, 6) is -0.127. The molecule has 1 aliphatic rings. The van der Waals surface area contributed by atoms with E-state index >= 15 is 0 Å². The van der Waals surface area contributed by atoms with Crippen molar-refractivity contribution in [3.63, 3.8) is 0 Å². The van der Waals surface area contributed by atoms with Crippen molar-refractivity contribution in [3.8, 4) is 0 Å². The number of nitrogens with one attached hydrogen (secondary N) is 2. The molecule has 0 aromatic heterocycles. The van der Waals surface area contributed by atoms with Crippen molar-refractivity contribution in [2.75, 3.05) is 16.8 Å². The Labute approximate surface area is 180 Å². The van der Waals surface area contributed by atoms with Gasteiger partial charge in [0.15, 0.2) is 0 Å². The number of fused-ring (bicyclic) bond motifs is 1. The third-order valence-electron chi connectivity index (χ3n) is 5.16. The van der Waals surface area contributed by atoms with Crippen LogP contribution in [-0.4, -0.2) is 24.5 Å². The van der Waals surface area contributed by atoms with E-state index in [1.54, 1.807) is 29.2 Å². The van der Waals surface area contributed by atoms with E-state index in [4.69, 9.17) is 11.6 Å². The number of nitrogens with zero attached hydrogens (tertiary/aromatic N) is 1. The number of anilines is 2. The second-order valence-corrected chi connectivity index (χ2v) is 7.60. The highest BCUT2D eigenvalue weighted by Crippen LogP contribution is 2.28. The molecule has 0 spiro atoms. The maximum Gasteiger partial charge on any atom is 0.319 e. The first kappa shape index (κ1) is 20.0. The Kier molecular flexibility index (Phi) is 6.00. The molecule has 4 rings (SSSR count). The van der Waals surface area contributed by atoms with Crippen LogP contribution in [0.2, 0.25) is 5.02 Å². The summed E-state index contributed by atoms with van der Waals surface area (Å²) >= 11 is 6.14. The monoisotopic (exact) mass is 419 g/mol. The van der Waals surface area contributed by atoms with Crippen LogP contribution in [0.3, 0.4) is 0 Å². The summed E-state index contributed by atoms with van der Waals surface area (Å²) in [6, 6.07) is 23.4. The number of rotatable bonds is 5. The van der Waals surface area contributed by atoms with Gasteiger partial charge in [-0.2, -0.15) is 0 Å². The lowest BCUT2D eigenvalue weighted by Crippen LogP contribution is -2.50. The summed E-state index contributed by atoms with van der Waals surface area (Å²) in [5, 5.41) is 6.02. The lowest BCUT2D eigenvalue weighted by molar-refractivity contribution is -0.120. The van der Waals surface area contributed by atoms with Crippen molar-refractivity contribution in [2.24, 2.45) is 0 Å². The molecule has 0 saturated carbocycles. The normalized spacial score (nSPS) is 13.4. The molecular weight excluding hydrogens is 398 g/mol. The third-order valence-corrected chi connectivity index (χ3v) is 5.49. The number of halogens is 1. The van der Waals surface area contributed by atoms with Crippen molar-refractivity contribution >= 4 is 34.9 Å². The summed E-state index contributed by atoms with van der Waals surface area (Å²) in [5.41, 5.74) is 3.52. The van der Waals surface area contributed by atoms with Gasteiger partial charge in [0.05, 0.1) is 10.7 Å². The van der Waals surface area contributed by atoms with E-state index in [0.717, 1.165) is 23.2 Å². The summed E-state index contributed by atoms with van der Waals surface area (Å²) < 4.78 is 0. The molecular formula is C24H22ClN3O2. The van der Waals surface area contributed by atoms with Crippen LogP contribution in [0.15, 0.2) is 78.9 Å². The molecule has 0 unspecified atom stereocenters. The maximum absolute atomic E-state index is 13.4. The lowest BCUT2D eigenvalue weighted by atomic mass is 10.0. The second kappa shape index (κ2) is 9.01. The molecule has 6 heteroatoms. The largest absolute Gasteiger partial charge is 0.326 e. The van der Waals surface area contributed by atoms with Gasteiger partial charge < -0.3 is 15.5 Å². The predicted molar refractivity (Wildman–Crippen MR) is 120 cm³/mol. The Morgan fingerprint density at radius 1 is 0.933 bits per heavy atom. The van der Waals surface area contributed by atoms with Crippen LogP contribution in [0.1, 0.15) is 11.1 Å². The van der Waals surface area contributed by atoms with E-state index < -0.39 is 12.1 Å². The Hall–Kier alpha value is -3.31. The molecule has 2 N–H and O–H groups in total. The number of benzene rings is 3. The minimum Gasteiger partial charge on any atom is -0.326 e. The zero-order valence-corrected chi connectivity index (χ0v) is 17.1. The number of hydrogen-bond donors (Lipinski definition) is 2. The van der Waals surface area contributed by atoms with Crippen LogP contribution >= 0.6 is 11.6 Å². The van der Waals surface area contributed by atoms with E-state index in [2.05, 4.69) is 10.6 Å². The average molecular weight is 420 g/mol. The first-order chi connectivity index (χ1) is 14.6. The van der Waals surface area contributed by atoms with Crippen LogP contribution in [0.4, 0.5) is 16.2 Å². The molecule has 0 saturated heterocycles. The van der Waals surface area contributed by atoms with Crippen molar-refractivity contribution in [3.05, 3.63) is 95.0 Å². The van der Waals surface area contributed by atoms with Gasteiger partial charge >= 0.3 is 6.03 Å². The fraction of sp³-hybridized carbons (Fsp3) is 0.167. The van der Waals surface area contributed by atoms with E-state index in [1.807, 2.05) is 54.6 Å². The molecule has 30 heavy (non-hydrogen) atoms. The van der Waals surface area contributed by atoms with Gasteiger partial charge in [-0.15, -0.1) is 0 Å². The van der Waals surface area contributed by atoms with Gasteiger partial charge in [0.25, 0.3) is 0 Å². The minimum atomic E-state index is -0.707. The number of carbonyl (C=O) groups is 2. The Morgan fingerprint density at radius 3 is 2.43 bits per heavy atom. The van der Waals surface area contributed by atoms with Crippen LogP contribution < -0.4 is 15.5 Å². The van der Waals surface area contributed by atoms with Crippen LogP contribution in [-0.2, 0) is 17.6 Å². The van der Waals surface area contributed by atoms with Gasteiger partial charge in [-0.1, -0.05) is 72.3 Å². The predicted octanol–water partition coefficient (Wildman–Crippen LogP) is 4.66. The van der Waals surface area contributed by atoms with E-state index in [0.29, 0.717) is 23.7 Å². The molecule has 0 bridgehead atoms. The molecule has 0 aliphatic carbocycles. The topological polar surface area (TPSA) is 61.4 Å². The van der Waals surface area contributed by atoms with Crippen LogP contribution in [0, 0.1) is 0 Å². The number of para-hydroxylation sites is 2. The van der Waals surface area contributed by atoms with Crippen molar-refractivity contribution in [1.82, 2.24) is 5.32 Å². The van der Waals surface area contributed by atoms with E-state index in [9.17, 15) is 9.59 Å². The smallest absolute Gasteiger partial charge is 0.319 e. The molecule has 0 radical (unpaired) electrons. The standard InChI is InChI=1S/C24H22ClN3O2/c25-19-11-5-6-12-20(19)26-24(30)27-21(16-17-8-2-1-3-9-17)23(29)28-15-14-18-10-4-7-13-22(18)28/h1-13,21H,14-16H2,(H2,26,27,30)/t21-/m1/s1. The Balaban J connectivity index is 1.54. The summed E-state index contributed by atoms with van der Waals surface area (Å²) in [6.45, 7) is 0.608. The Bertz CT molecular complexity index is 1060. The molecule has 152 valence electrons. The quantitative estimate of drug-likeness (QED) is 0.631. The number of urea groups is 1. The summed E-state index contributed by atoms with van der Waals surface area (Å²) in [6.07, 6.45) is 1.21. The molecule has 5 nitrogen and oxygen atoms in total. The highest BCUT2D eigenvalue weighted by Gasteiger charge is 2.31. The fourth-order valence-electron chi connectivity index (χ4n) is 3.68. The Morgan fingerprint density at radius 2 is 1.63 bits per heavy atom. The third kappa shape index (κ3) is 4.47. The molecule has 1 atom stereocenters. The van der Waals surface area contributed by atoms with E-state index in [1.165, 1.54) is 0 Å². The average Bonchev–Trinajstić information content (AvgIpc) is 3.19. The molecule has 0 fully saturated rings. The van der Waals surface area contributed by atoms with Crippen molar-refractivity contribution in [1.29, 1.82) is 0 Å². The zero-order valence-electron chi connectivity index (χ0n) is 16.3. The van der Waals surface area contributed by atoms with Gasteiger partial charge in [0.2, 0.25) is 5.91 Å². The summed E-state index contributed by atoms with van der Waals surface area (Å²) in [4.78, 5) is 27.9. The lowest BCUT2D eigenvalue weighted by Gasteiger charge is -2.25. The first-order valence-corrected chi connectivity index (χ1v) is 10.2. The van der Waals surface area contributed by atoms with Gasteiger partial charge in [-0.05, 0) is 35.7 Å². The summed E-state index contributed by atoms with van der Waals surface area (Å²) in [7, 11) is 0. The van der Waals surface area contributed by atoms with Crippen molar-refractivity contribution < 1.29 is 9.59 Å². The van der Waals surface area contributed by atoms with Crippen LogP contribution in [0.25, 0.3) is 0 Å². The molecule has 1 aliphatic heterocycles. The van der Waals surface area contributed by atoms with Gasteiger partial charge in [0, 0.05) is 18.7 Å². The SMILES string of the molecule is O=C(Nc1ccccc1Cl)N[C@H](Cc1ccccc1)C(=O)N1CCc2ccccc21. The van der Waals surface area contributed by atoms with Crippen molar-refractivity contribution in [2.45, 2.75) is 18.9 Å². The number of carbonyl (C=O) groups excluding carboxylic acids is 2.